The molecule has 0 spiro atoms. The summed E-state index contributed by atoms with van der Waals surface area (Å²) < 4.78 is 0. The number of nitrogens with zero attached hydrogens (tertiary/aromatic N) is 1. The average molecular weight is 171 g/mol. The molecule has 0 amide bonds. The van der Waals surface area contributed by atoms with Crippen molar-refractivity contribution in [2.45, 2.75) is 5.92 Å². The lowest BCUT2D eigenvalue weighted by Crippen LogP contribution is -2.10. The van der Waals surface area contributed by atoms with Crippen LogP contribution in [0.25, 0.3) is 0 Å². The van der Waals surface area contributed by atoms with Gasteiger partial charge < -0.3 is 0 Å². The fourth-order valence-corrected chi connectivity index (χ4v) is 1.49. The summed E-state index contributed by atoms with van der Waals surface area (Å²) in [5, 5.41) is 8.68. The van der Waals surface area contributed by atoms with Crippen molar-refractivity contribution in [3.8, 4) is 6.07 Å². The van der Waals surface area contributed by atoms with Gasteiger partial charge in [-0.25, -0.2) is 0 Å². The number of hydrogen-bond acceptors (Lipinski definition) is 3. The third-order valence-electron chi connectivity index (χ3n) is 2.13. The third-order valence-corrected chi connectivity index (χ3v) is 2.13. The van der Waals surface area contributed by atoms with Crippen LogP contribution in [0.4, 0.5) is 0 Å². The van der Waals surface area contributed by atoms with Gasteiger partial charge in [0.2, 0.25) is 11.6 Å². The molecule has 0 N–H and O–H groups in total. The first kappa shape index (κ1) is 7.69. The molecule has 2 rings (SSSR count). The Morgan fingerprint density at radius 1 is 1.23 bits per heavy atom. The molecule has 0 aromatic heterocycles. The zero-order valence-corrected chi connectivity index (χ0v) is 6.65. The molecule has 13 heavy (non-hydrogen) atoms. The maximum Gasteiger partial charge on any atom is 0.230 e. The molecule has 0 heterocycles. The van der Waals surface area contributed by atoms with Gasteiger partial charge in [-0.15, -0.1) is 0 Å². The van der Waals surface area contributed by atoms with Gasteiger partial charge in [-0.1, -0.05) is 24.3 Å². The van der Waals surface area contributed by atoms with Crippen LogP contribution < -0.4 is 0 Å². The van der Waals surface area contributed by atoms with Gasteiger partial charge in [-0.05, 0) is 5.56 Å². The molecule has 62 valence electrons. The molecule has 3 nitrogen and oxygen atoms in total. The van der Waals surface area contributed by atoms with Gasteiger partial charge in [0.25, 0.3) is 0 Å². The van der Waals surface area contributed by atoms with Crippen LogP contribution in [0.1, 0.15) is 21.8 Å². The maximum absolute atomic E-state index is 11.3. The minimum atomic E-state index is -0.885. The Bertz CT molecular complexity index is 442. The van der Waals surface area contributed by atoms with E-state index in [1.807, 2.05) is 6.07 Å². The Labute approximate surface area is 74.6 Å². The fourth-order valence-electron chi connectivity index (χ4n) is 1.49. The molecule has 1 aromatic rings. The molecular weight excluding hydrogens is 166 g/mol. The van der Waals surface area contributed by atoms with E-state index in [1.165, 1.54) is 0 Å². The summed E-state index contributed by atoms with van der Waals surface area (Å²) in [6.07, 6.45) is 0. The van der Waals surface area contributed by atoms with Gasteiger partial charge in [0.15, 0.2) is 0 Å². The van der Waals surface area contributed by atoms with Crippen molar-refractivity contribution in [3.05, 3.63) is 35.4 Å². The predicted octanol–water partition coefficient (Wildman–Crippen LogP) is 1.06. The molecule has 0 saturated carbocycles. The number of fused-ring (bicyclic) bond motifs is 1. The molecule has 1 aromatic carbocycles. The van der Waals surface area contributed by atoms with E-state index >= 15 is 0 Å². The summed E-state index contributed by atoms with van der Waals surface area (Å²) >= 11 is 0. The monoisotopic (exact) mass is 171 g/mol. The summed E-state index contributed by atoms with van der Waals surface area (Å²) in [6.45, 7) is 0. The molecule has 0 saturated heterocycles. The highest BCUT2D eigenvalue weighted by atomic mass is 16.2. The summed E-state index contributed by atoms with van der Waals surface area (Å²) in [7, 11) is 0. The largest absolute Gasteiger partial charge is 0.289 e. The molecule has 1 unspecified atom stereocenters. The van der Waals surface area contributed by atoms with Crippen LogP contribution in [0.3, 0.4) is 0 Å². The number of rotatable bonds is 0. The first-order valence-corrected chi connectivity index (χ1v) is 3.83. The van der Waals surface area contributed by atoms with Gasteiger partial charge in [-0.3, -0.25) is 9.59 Å². The maximum atomic E-state index is 11.3. The summed E-state index contributed by atoms with van der Waals surface area (Å²) in [6, 6.07) is 8.45. The SMILES string of the molecule is N#CC1C(=O)C(=O)c2ccccc21. The Morgan fingerprint density at radius 2 is 1.92 bits per heavy atom. The summed E-state index contributed by atoms with van der Waals surface area (Å²) in [4.78, 5) is 22.5. The first-order valence-electron chi connectivity index (χ1n) is 3.83. The lowest BCUT2D eigenvalue weighted by molar-refractivity contribution is -0.114. The van der Waals surface area contributed by atoms with Crippen molar-refractivity contribution >= 4 is 11.6 Å². The number of carbonyl (C=O) groups is 2. The smallest absolute Gasteiger partial charge is 0.230 e. The number of hydrogen-bond donors (Lipinski definition) is 0. The third kappa shape index (κ3) is 0.890. The van der Waals surface area contributed by atoms with Crippen molar-refractivity contribution in [1.29, 1.82) is 5.26 Å². The highest BCUT2D eigenvalue weighted by molar-refractivity contribution is 6.49. The van der Waals surface area contributed by atoms with Crippen LogP contribution >= 0.6 is 0 Å². The van der Waals surface area contributed by atoms with E-state index in [1.54, 1.807) is 24.3 Å². The average Bonchev–Trinajstić information content (AvgIpc) is 2.41. The standard InChI is InChI=1S/C10H5NO2/c11-5-8-6-3-1-2-4-7(6)9(12)10(8)13/h1-4,8H. The van der Waals surface area contributed by atoms with Crippen molar-refractivity contribution in [3.63, 3.8) is 0 Å². The lowest BCUT2D eigenvalue weighted by atomic mass is 10.0. The minimum absolute atomic E-state index is 0.374. The molecule has 1 aliphatic rings. The second kappa shape index (κ2) is 2.53. The summed E-state index contributed by atoms with van der Waals surface area (Å²) in [5.41, 5.74) is 0.916. The topological polar surface area (TPSA) is 57.9 Å². The van der Waals surface area contributed by atoms with Crippen LogP contribution in [0.15, 0.2) is 24.3 Å². The zero-order chi connectivity index (χ0) is 9.42. The summed E-state index contributed by atoms with van der Waals surface area (Å²) in [5.74, 6) is -2.03. The number of nitriles is 1. The predicted molar refractivity (Wildman–Crippen MR) is 44.1 cm³/mol. The van der Waals surface area contributed by atoms with Crippen LogP contribution in [0, 0.1) is 11.3 Å². The van der Waals surface area contributed by atoms with Crippen molar-refractivity contribution in [2.75, 3.05) is 0 Å². The fraction of sp³-hybridized carbons (Fsp3) is 0.100. The highest BCUT2D eigenvalue weighted by Gasteiger charge is 2.37. The van der Waals surface area contributed by atoms with Gasteiger partial charge in [0.1, 0.15) is 5.92 Å². The van der Waals surface area contributed by atoms with Gasteiger partial charge >= 0.3 is 0 Å². The molecule has 1 aliphatic carbocycles. The quantitative estimate of drug-likeness (QED) is 0.548. The second-order valence-corrected chi connectivity index (χ2v) is 2.84. The van der Waals surface area contributed by atoms with Crippen LogP contribution in [-0.2, 0) is 4.79 Å². The highest BCUT2D eigenvalue weighted by Crippen LogP contribution is 2.29. The second-order valence-electron chi connectivity index (χ2n) is 2.84. The van der Waals surface area contributed by atoms with E-state index in [2.05, 4.69) is 0 Å². The number of benzene rings is 1. The van der Waals surface area contributed by atoms with Crippen LogP contribution in [0.5, 0.6) is 0 Å². The molecular formula is C10H5NO2. The Kier molecular flexibility index (Phi) is 1.49. The number of Topliss-reactive ketones (excluding diaryl/α,β-unsaturated/α-hetero) is 2. The van der Waals surface area contributed by atoms with Gasteiger partial charge in [0.05, 0.1) is 6.07 Å². The van der Waals surface area contributed by atoms with Gasteiger partial charge in [-0.2, -0.15) is 5.26 Å². The zero-order valence-electron chi connectivity index (χ0n) is 6.65. The van der Waals surface area contributed by atoms with Crippen molar-refractivity contribution in [1.82, 2.24) is 0 Å². The molecule has 0 bridgehead atoms. The Morgan fingerprint density at radius 3 is 2.62 bits per heavy atom. The molecule has 1 atom stereocenters. The van der Waals surface area contributed by atoms with Crippen molar-refractivity contribution in [2.24, 2.45) is 0 Å². The van der Waals surface area contributed by atoms with Crippen molar-refractivity contribution < 1.29 is 9.59 Å². The van der Waals surface area contributed by atoms with E-state index in [0.717, 1.165) is 0 Å². The van der Waals surface area contributed by atoms with Crippen LogP contribution in [-0.4, -0.2) is 11.6 Å². The van der Waals surface area contributed by atoms with E-state index in [4.69, 9.17) is 5.26 Å². The first-order chi connectivity index (χ1) is 6.25. The minimum Gasteiger partial charge on any atom is -0.289 e. The van der Waals surface area contributed by atoms with E-state index in [0.29, 0.717) is 11.1 Å². The van der Waals surface area contributed by atoms with Crippen LogP contribution in [0.2, 0.25) is 0 Å². The lowest BCUT2D eigenvalue weighted by Gasteiger charge is -1.96. The Balaban J connectivity index is 2.68. The van der Waals surface area contributed by atoms with E-state index in [9.17, 15) is 9.59 Å². The van der Waals surface area contributed by atoms with Gasteiger partial charge in [0, 0.05) is 5.56 Å². The molecule has 0 fully saturated rings. The molecule has 3 heteroatoms. The molecule has 0 aliphatic heterocycles. The number of ketones is 2. The Hall–Kier alpha value is -1.95. The molecule has 0 radical (unpaired) electrons. The van der Waals surface area contributed by atoms with E-state index in [-0.39, 0.29) is 0 Å². The number of carbonyl (C=O) groups excluding carboxylic acids is 2. The van der Waals surface area contributed by atoms with E-state index < -0.39 is 17.5 Å². The normalized spacial score (nSPS) is 19.8.